The number of thioether (sulfide) groups is 1. The van der Waals surface area contributed by atoms with Crippen LogP contribution in [0.15, 0.2) is 44.7 Å². The topological polar surface area (TPSA) is 144 Å². The first-order valence-electron chi connectivity index (χ1n) is 10.1. The van der Waals surface area contributed by atoms with Gasteiger partial charge in [-0.3, -0.25) is 14.9 Å². The van der Waals surface area contributed by atoms with E-state index in [-0.39, 0.29) is 32.8 Å². The van der Waals surface area contributed by atoms with Gasteiger partial charge in [0.05, 0.1) is 39.5 Å². The number of carbonyl (C=O) groups excluding carboxylic acids is 1. The molecule has 0 radical (unpaired) electrons. The van der Waals surface area contributed by atoms with Gasteiger partial charge in [-0.25, -0.2) is 13.4 Å². The summed E-state index contributed by atoms with van der Waals surface area (Å²) < 4.78 is 30.8. The number of ether oxygens (including phenoxy) is 1. The molecule has 0 spiro atoms. The number of carboxylic acid groups (broad SMARTS) is 1. The maximum atomic E-state index is 13.0. The normalized spacial score (nSPS) is 18.8. The summed E-state index contributed by atoms with van der Waals surface area (Å²) in [5, 5.41) is 15.4. The van der Waals surface area contributed by atoms with Gasteiger partial charge in [0.25, 0.3) is 5.91 Å². The number of rotatable bonds is 10. The molecule has 33 heavy (non-hydrogen) atoms. The van der Waals surface area contributed by atoms with Crippen LogP contribution in [0.1, 0.15) is 24.8 Å². The molecular formula is C20H21N3O7S3. The minimum atomic E-state index is -3.35. The molecule has 1 aromatic heterocycles. The van der Waals surface area contributed by atoms with E-state index < -0.39 is 21.7 Å². The molecule has 1 saturated carbocycles. The van der Waals surface area contributed by atoms with Crippen LogP contribution >= 0.6 is 23.1 Å². The summed E-state index contributed by atoms with van der Waals surface area (Å²) in [6, 6.07) is 5.99. The maximum Gasteiger partial charge on any atom is 0.313 e. The number of hydrogen-bond acceptors (Lipinski definition) is 10. The molecule has 1 saturated heterocycles. The fourth-order valence-electron chi connectivity index (χ4n) is 2.99. The molecule has 2 aromatic rings. The maximum absolute atomic E-state index is 13.0. The van der Waals surface area contributed by atoms with Crippen molar-refractivity contribution in [2.75, 3.05) is 24.3 Å². The zero-order chi connectivity index (χ0) is 23.4. The second-order valence-electron chi connectivity index (χ2n) is 7.42. The number of benzene rings is 1. The Kier molecular flexibility index (Phi) is 7.32. The minimum Gasteiger partial charge on any atom is -0.481 e. The zero-order valence-corrected chi connectivity index (χ0v) is 19.7. The van der Waals surface area contributed by atoms with E-state index in [0.29, 0.717) is 42.2 Å². The Hall–Kier alpha value is -2.48. The molecular weight excluding hydrogens is 490 g/mol. The Morgan fingerprint density at radius 1 is 1.27 bits per heavy atom. The fourth-order valence-corrected chi connectivity index (χ4v) is 6.24. The number of oxime groups is 1. The minimum absolute atomic E-state index is 0.0350. The number of aliphatic carboxylic acids is 1. The molecule has 1 aliphatic heterocycles. The highest BCUT2D eigenvalue weighted by Gasteiger charge is 2.36. The van der Waals surface area contributed by atoms with Crippen LogP contribution < -0.4 is 5.32 Å². The molecule has 1 amide bonds. The summed E-state index contributed by atoms with van der Waals surface area (Å²) in [5.74, 6) is -1.65. The first-order chi connectivity index (χ1) is 15.8. The lowest BCUT2D eigenvalue weighted by molar-refractivity contribution is -0.133. The third-order valence-electron chi connectivity index (χ3n) is 4.86. The van der Waals surface area contributed by atoms with Gasteiger partial charge in [-0.2, -0.15) is 0 Å². The summed E-state index contributed by atoms with van der Waals surface area (Å²) in [6.45, 7) is 0.916. The van der Waals surface area contributed by atoms with E-state index in [4.69, 9.17) is 14.7 Å². The number of hydrogen-bond donors (Lipinski definition) is 2. The molecule has 2 aliphatic rings. The highest BCUT2D eigenvalue weighted by molar-refractivity contribution is 8.01. The standard InChI is InChI=1S/C20H21N3O7S3/c24-16(25)11-31-17-9-21-20(32-17)22-19(26)18(23-30-13-7-8-29-10-13)12-1-3-14(4-2-12)33(27,28)15-5-6-15/h1-4,9,13,15H,5-8,10-11H2,(H,24,25)(H,21,22,26)/t13-/m1/s1. The van der Waals surface area contributed by atoms with Gasteiger partial charge in [0, 0.05) is 12.0 Å². The molecule has 0 bridgehead atoms. The van der Waals surface area contributed by atoms with Crippen molar-refractivity contribution in [3.05, 3.63) is 36.0 Å². The van der Waals surface area contributed by atoms with Crippen molar-refractivity contribution < 1.29 is 32.7 Å². The molecule has 1 aromatic carbocycles. The van der Waals surface area contributed by atoms with Crippen molar-refractivity contribution >= 4 is 55.7 Å². The molecule has 10 nitrogen and oxygen atoms in total. The van der Waals surface area contributed by atoms with Gasteiger partial charge in [0.2, 0.25) is 0 Å². The number of carbonyl (C=O) groups is 2. The van der Waals surface area contributed by atoms with Crippen LogP contribution in [0.3, 0.4) is 0 Å². The van der Waals surface area contributed by atoms with E-state index in [9.17, 15) is 18.0 Å². The van der Waals surface area contributed by atoms with Crippen LogP contribution in [0, 0.1) is 0 Å². The summed E-state index contributed by atoms with van der Waals surface area (Å²) >= 11 is 2.24. The number of thiazole rings is 1. The summed E-state index contributed by atoms with van der Waals surface area (Å²) in [5.41, 5.74) is 0.352. The largest absolute Gasteiger partial charge is 0.481 e. The Balaban J connectivity index is 1.52. The Bertz CT molecular complexity index is 1150. The average Bonchev–Trinajstić information content (AvgIpc) is 3.36. The first kappa shape index (κ1) is 23.7. The van der Waals surface area contributed by atoms with Crippen LogP contribution in [0.4, 0.5) is 5.13 Å². The molecule has 2 N–H and O–H groups in total. The van der Waals surface area contributed by atoms with Gasteiger partial charge in [-0.1, -0.05) is 28.6 Å². The van der Waals surface area contributed by atoms with Gasteiger partial charge < -0.3 is 14.7 Å². The first-order valence-corrected chi connectivity index (χ1v) is 13.5. The summed E-state index contributed by atoms with van der Waals surface area (Å²) in [7, 11) is -3.35. The van der Waals surface area contributed by atoms with E-state index in [1.54, 1.807) is 0 Å². The van der Waals surface area contributed by atoms with E-state index >= 15 is 0 Å². The highest BCUT2D eigenvalue weighted by atomic mass is 32.2. The molecule has 13 heteroatoms. The lowest BCUT2D eigenvalue weighted by atomic mass is 10.1. The van der Waals surface area contributed by atoms with E-state index in [0.717, 1.165) is 23.1 Å². The summed E-state index contributed by atoms with van der Waals surface area (Å²) in [4.78, 5) is 33.5. The number of sulfone groups is 1. The molecule has 0 unspecified atom stereocenters. The number of nitrogens with one attached hydrogen (secondary N) is 1. The van der Waals surface area contributed by atoms with Crippen LogP contribution in [0.5, 0.6) is 0 Å². The van der Waals surface area contributed by atoms with Crippen molar-refractivity contribution in [1.29, 1.82) is 0 Å². The van der Waals surface area contributed by atoms with Gasteiger partial charge in [-0.15, -0.1) is 11.8 Å². The van der Waals surface area contributed by atoms with Crippen molar-refractivity contribution in [1.82, 2.24) is 4.98 Å². The number of amides is 1. The van der Waals surface area contributed by atoms with Gasteiger partial charge in [-0.05, 0) is 25.0 Å². The predicted molar refractivity (Wildman–Crippen MR) is 123 cm³/mol. The van der Waals surface area contributed by atoms with Crippen LogP contribution in [0.2, 0.25) is 0 Å². The molecule has 2 heterocycles. The second kappa shape index (κ2) is 10.2. The predicted octanol–water partition coefficient (Wildman–Crippen LogP) is 2.40. The summed E-state index contributed by atoms with van der Waals surface area (Å²) in [6.07, 6.45) is 3.18. The van der Waals surface area contributed by atoms with Crippen molar-refractivity contribution in [3.8, 4) is 0 Å². The smallest absolute Gasteiger partial charge is 0.313 e. The van der Waals surface area contributed by atoms with Crippen molar-refractivity contribution in [2.24, 2.45) is 5.16 Å². The quantitative estimate of drug-likeness (QED) is 0.279. The molecule has 4 rings (SSSR count). The Morgan fingerprint density at radius 2 is 2.03 bits per heavy atom. The zero-order valence-electron chi connectivity index (χ0n) is 17.3. The monoisotopic (exact) mass is 511 g/mol. The second-order valence-corrected chi connectivity index (χ2v) is 12.0. The average molecular weight is 512 g/mol. The van der Waals surface area contributed by atoms with E-state index in [2.05, 4.69) is 15.5 Å². The third-order valence-corrected chi connectivity index (χ3v) is 9.23. The highest BCUT2D eigenvalue weighted by Crippen LogP contribution is 2.33. The lowest BCUT2D eigenvalue weighted by Crippen LogP contribution is -2.25. The van der Waals surface area contributed by atoms with Crippen LogP contribution in [-0.4, -0.2) is 66.4 Å². The number of anilines is 1. The van der Waals surface area contributed by atoms with E-state index in [1.165, 1.54) is 30.5 Å². The third kappa shape index (κ3) is 6.10. The Labute approximate surface area is 198 Å². The van der Waals surface area contributed by atoms with E-state index in [1.807, 2.05) is 0 Å². The van der Waals surface area contributed by atoms with Gasteiger partial charge >= 0.3 is 5.97 Å². The lowest BCUT2D eigenvalue weighted by Gasteiger charge is -2.10. The molecule has 1 atom stereocenters. The van der Waals surface area contributed by atoms with Crippen molar-refractivity contribution in [2.45, 2.75) is 39.7 Å². The number of nitrogens with zero attached hydrogens (tertiary/aromatic N) is 2. The number of aromatic nitrogens is 1. The van der Waals surface area contributed by atoms with Gasteiger partial charge in [0.1, 0.15) is 0 Å². The Morgan fingerprint density at radius 3 is 2.67 bits per heavy atom. The SMILES string of the molecule is O=C(O)CSc1cnc(NC(=O)C(=NO[C@@H]2CCOC2)c2ccc(S(=O)(=O)C3CC3)cc2)s1. The molecule has 2 fully saturated rings. The fraction of sp³-hybridized carbons (Fsp3) is 0.400. The molecule has 176 valence electrons. The van der Waals surface area contributed by atoms with Gasteiger partial charge in [0.15, 0.2) is 26.8 Å². The van der Waals surface area contributed by atoms with Crippen LogP contribution in [0.25, 0.3) is 0 Å². The molecule has 1 aliphatic carbocycles. The van der Waals surface area contributed by atoms with Crippen molar-refractivity contribution in [3.63, 3.8) is 0 Å². The van der Waals surface area contributed by atoms with Crippen LogP contribution in [-0.2, 0) is 29.0 Å². The number of carboxylic acids is 1.